The number of nitrogens with two attached hydrogens (primary N) is 1. The van der Waals surface area contributed by atoms with Crippen LogP contribution in [0.2, 0.25) is 5.02 Å². The molecule has 1 aromatic carbocycles. The number of hydrogen-bond donors (Lipinski definition) is 2. The average molecular weight is 310 g/mol. The molecule has 3 N–H and O–H groups in total. The van der Waals surface area contributed by atoms with Gasteiger partial charge in [0.05, 0.1) is 5.69 Å². The summed E-state index contributed by atoms with van der Waals surface area (Å²) in [5.74, 6) is -0.419. The largest absolute Gasteiger partial charge is 0.368 e. The number of aromatic nitrogens is 1. The molecule has 2 rings (SSSR count). The number of benzene rings is 1. The molecule has 0 spiro atoms. The smallest absolute Gasteiger partial charge is 0.239 e. The van der Waals surface area contributed by atoms with Crippen LogP contribution in [0.5, 0.6) is 0 Å². The summed E-state index contributed by atoms with van der Waals surface area (Å²) in [7, 11) is 0. The fourth-order valence-corrected chi connectivity index (χ4v) is 2.85. The first kappa shape index (κ1) is 15.0. The number of nitrogens with zero attached hydrogens (tertiary/aromatic N) is 1. The Morgan fingerprint density at radius 3 is 2.55 bits per heavy atom. The van der Waals surface area contributed by atoms with Gasteiger partial charge in [-0.25, -0.2) is 4.98 Å². The molecule has 20 heavy (non-hydrogen) atoms. The van der Waals surface area contributed by atoms with Crippen molar-refractivity contribution in [3.05, 3.63) is 50.4 Å². The number of amides is 1. The van der Waals surface area contributed by atoms with Crippen LogP contribution >= 0.6 is 22.9 Å². The number of rotatable bonds is 5. The zero-order valence-corrected chi connectivity index (χ0v) is 12.9. The maximum Gasteiger partial charge on any atom is 0.239 e. The Balaban J connectivity index is 2.10. The van der Waals surface area contributed by atoms with Crippen LogP contribution in [0.15, 0.2) is 24.3 Å². The lowest BCUT2D eigenvalue weighted by molar-refractivity contribution is -0.120. The van der Waals surface area contributed by atoms with E-state index in [1.807, 2.05) is 13.8 Å². The highest BCUT2D eigenvalue weighted by atomic mass is 35.5. The fourth-order valence-electron chi connectivity index (χ4n) is 1.84. The topological polar surface area (TPSA) is 68.0 Å². The highest BCUT2D eigenvalue weighted by molar-refractivity contribution is 7.11. The lowest BCUT2D eigenvalue weighted by Gasteiger charge is -2.15. The minimum atomic E-state index is -0.545. The molecule has 0 aliphatic carbocycles. The zero-order valence-electron chi connectivity index (χ0n) is 11.3. The van der Waals surface area contributed by atoms with E-state index in [2.05, 4.69) is 10.3 Å². The number of primary amides is 1. The second-order valence-corrected chi connectivity index (χ2v) is 6.24. The molecule has 1 heterocycles. The molecule has 1 atom stereocenters. The van der Waals surface area contributed by atoms with Crippen LogP contribution in [-0.4, -0.2) is 10.9 Å². The quantitative estimate of drug-likeness (QED) is 0.892. The van der Waals surface area contributed by atoms with E-state index in [1.54, 1.807) is 35.6 Å². The molecule has 106 valence electrons. The molecule has 0 fully saturated rings. The molecular weight excluding hydrogens is 294 g/mol. The van der Waals surface area contributed by atoms with Crippen LogP contribution in [0.1, 0.15) is 27.2 Å². The highest BCUT2D eigenvalue weighted by Gasteiger charge is 2.17. The number of carbonyl (C=O) groups excluding carboxylic acids is 1. The van der Waals surface area contributed by atoms with E-state index < -0.39 is 11.9 Å². The summed E-state index contributed by atoms with van der Waals surface area (Å²) in [5.41, 5.74) is 7.27. The molecule has 6 heteroatoms. The lowest BCUT2D eigenvalue weighted by Crippen LogP contribution is -2.33. The van der Waals surface area contributed by atoms with Gasteiger partial charge < -0.3 is 5.73 Å². The number of thiazole rings is 1. The van der Waals surface area contributed by atoms with Crippen molar-refractivity contribution in [2.45, 2.75) is 26.4 Å². The van der Waals surface area contributed by atoms with Crippen molar-refractivity contribution >= 4 is 28.8 Å². The first-order valence-corrected chi connectivity index (χ1v) is 7.38. The monoisotopic (exact) mass is 309 g/mol. The maximum atomic E-state index is 11.6. The number of nitrogens with one attached hydrogen (secondary N) is 1. The van der Waals surface area contributed by atoms with Crippen molar-refractivity contribution < 1.29 is 4.79 Å². The molecule has 0 radical (unpaired) electrons. The number of hydrogen-bond acceptors (Lipinski definition) is 4. The van der Waals surface area contributed by atoms with Gasteiger partial charge >= 0.3 is 0 Å². The molecule has 2 aromatic rings. The van der Waals surface area contributed by atoms with Crippen LogP contribution in [0, 0.1) is 13.8 Å². The van der Waals surface area contributed by atoms with Crippen LogP contribution in [0.4, 0.5) is 0 Å². The van der Waals surface area contributed by atoms with Gasteiger partial charge in [-0.1, -0.05) is 23.7 Å². The normalized spacial score (nSPS) is 12.3. The van der Waals surface area contributed by atoms with E-state index in [-0.39, 0.29) is 0 Å². The van der Waals surface area contributed by atoms with Crippen LogP contribution < -0.4 is 11.1 Å². The molecule has 4 nitrogen and oxygen atoms in total. The molecule has 0 bridgehead atoms. The second kappa shape index (κ2) is 6.35. The molecule has 1 aromatic heterocycles. The number of carbonyl (C=O) groups is 1. The van der Waals surface area contributed by atoms with Gasteiger partial charge in [-0.3, -0.25) is 10.1 Å². The third kappa shape index (κ3) is 3.56. The predicted molar refractivity (Wildman–Crippen MR) is 81.8 cm³/mol. The van der Waals surface area contributed by atoms with Gasteiger partial charge in [-0.15, -0.1) is 11.3 Å². The van der Waals surface area contributed by atoms with E-state index >= 15 is 0 Å². The minimum absolute atomic E-state index is 0.419. The first-order valence-electron chi connectivity index (χ1n) is 6.18. The summed E-state index contributed by atoms with van der Waals surface area (Å²) >= 11 is 7.46. The molecule has 1 amide bonds. The average Bonchev–Trinajstić information content (AvgIpc) is 2.71. The molecule has 1 unspecified atom stereocenters. The Hall–Kier alpha value is -1.43. The fraction of sp³-hybridized carbons (Fsp3) is 0.286. The summed E-state index contributed by atoms with van der Waals surface area (Å²) in [6.07, 6.45) is 0. The summed E-state index contributed by atoms with van der Waals surface area (Å²) in [6, 6.07) is 6.53. The lowest BCUT2D eigenvalue weighted by atomic mass is 10.1. The summed E-state index contributed by atoms with van der Waals surface area (Å²) < 4.78 is 0. The number of aryl methyl sites for hydroxylation is 2. The van der Waals surface area contributed by atoms with Crippen molar-refractivity contribution in [1.29, 1.82) is 0 Å². The standard InChI is InChI=1S/C14H16ClN3OS/c1-8-9(2)20-12(18-8)7-17-13(14(16)19)10-3-5-11(15)6-4-10/h3-6,13,17H,7H2,1-2H3,(H2,16,19). The van der Waals surface area contributed by atoms with Gasteiger partial charge in [0.25, 0.3) is 0 Å². The maximum absolute atomic E-state index is 11.6. The van der Waals surface area contributed by atoms with Gasteiger partial charge in [-0.05, 0) is 31.5 Å². The minimum Gasteiger partial charge on any atom is -0.368 e. The SMILES string of the molecule is Cc1nc(CNC(C(N)=O)c2ccc(Cl)cc2)sc1C. The van der Waals surface area contributed by atoms with E-state index in [1.165, 1.54) is 4.88 Å². The van der Waals surface area contributed by atoms with Gasteiger partial charge in [0, 0.05) is 16.4 Å². The summed E-state index contributed by atoms with van der Waals surface area (Å²) in [5, 5.41) is 4.71. The Kier molecular flexibility index (Phi) is 4.75. The van der Waals surface area contributed by atoms with Crippen molar-refractivity contribution in [3.8, 4) is 0 Å². The molecule has 0 saturated heterocycles. The molecule has 0 aliphatic heterocycles. The van der Waals surface area contributed by atoms with E-state index in [9.17, 15) is 4.79 Å². The molecular formula is C14H16ClN3OS. The Bertz CT molecular complexity index is 590. The number of halogens is 1. The van der Waals surface area contributed by atoms with Gasteiger partial charge in [0.15, 0.2) is 0 Å². The van der Waals surface area contributed by atoms with Crippen molar-refractivity contribution in [2.75, 3.05) is 0 Å². The third-order valence-electron chi connectivity index (χ3n) is 3.02. The zero-order chi connectivity index (χ0) is 14.7. The third-order valence-corrected chi connectivity index (χ3v) is 4.34. The first-order chi connectivity index (χ1) is 9.47. The van der Waals surface area contributed by atoms with Gasteiger partial charge in [0.1, 0.15) is 11.0 Å². The second-order valence-electron chi connectivity index (χ2n) is 4.52. The Morgan fingerprint density at radius 2 is 2.05 bits per heavy atom. The highest BCUT2D eigenvalue weighted by Crippen LogP contribution is 2.19. The van der Waals surface area contributed by atoms with E-state index in [0.29, 0.717) is 11.6 Å². The Morgan fingerprint density at radius 1 is 1.40 bits per heavy atom. The van der Waals surface area contributed by atoms with E-state index in [4.69, 9.17) is 17.3 Å². The predicted octanol–water partition coefficient (Wildman–Crippen LogP) is 2.73. The van der Waals surface area contributed by atoms with Gasteiger partial charge in [0.2, 0.25) is 5.91 Å². The summed E-state index contributed by atoms with van der Waals surface area (Å²) in [6.45, 7) is 4.51. The van der Waals surface area contributed by atoms with Gasteiger partial charge in [-0.2, -0.15) is 0 Å². The van der Waals surface area contributed by atoms with Crippen molar-refractivity contribution in [3.63, 3.8) is 0 Å². The van der Waals surface area contributed by atoms with Crippen LogP contribution in [0.3, 0.4) is 0 Å². The molecule has 0 saturated carbocycles. The van der Waals surface area contributed by atoms with Crippen molar-refractivity contribution in [1.82, 2.24) is 10.3 Å². The van der Waals surface area contributed by atoms with E-state index in [0.717, 1.165) is 16.3 Å². The molecule has 0 aliphatic rings. The van der Waals surface area contributed by atoms with Crippen LogP contribution in [0.25, 0.3) is 0 Å². The van der Waals surface area contributed by atoms with Crippen molar-refractivity contribution in [2.24, 2.45) is 5.73 Å². The Labute approximate surface area is 127 Å². The van der Waals surface area contributed by atoms with Crippen LogP contribution in [-0.2, 0) is 11.3 Å². The summed E-state index contributed by atoms with van der Waals surface area (Å²) in [4.78, 5) is 17.2.